The topological polar surface area (TPSA) is 21.6 Å². The summed E-state index contributed by atoms with van der Waals surface area (Å²) in [6.45, 7) is 1.88. The van der Waals surface area contributed by atoms with E-state index in [2.05, 4.69) is 11.6 Å². The molecule has 0 fully saturated rings. The Balaban J connectivity index is 4.77. The van der Waals surface area contributed by atoms with E-state index in [0.29, 0.717) is 0 Å². The maximum atomic E-state index is 12.2. The molecule has 2 nitrogen and oxygen atoms in total. The molecule has 0 unspecified atom stereocenters. The van der Waals surface area contributed by atoms with E-state index in [1.54, 1.807) is 0 Å². The normalized spacial score (nSPS) is 13.9. The van der Waals surface area contributed by atoms with Crippen LogP contribution < -0.4 is 0 Å². The third-order valence-electron chi connectivity index (χ3n) is 1.14. The van der Waals surface area contributed by atoms with E-state index >= 15 is 0 Å². The molecule has 1 radical (unpaired) electrons. The van der Waals surface area contributed by atoms with Crippen molar-refractivity contribution in [3.05, 3.63) is 0 Å². The first-order valence-electron chi connectivity index (χ1n) is 2.91. The van der Waals surface area contributed by atoms with Crippen LogP contribution >= 0.6 is 0 Å². The predicted octanol–water partition coefficient (Wildman–Crippen LogP) is 2.33. The van der Waals surface area contributed by atoms with Gasteiger partial charge in [-0.15, -0.1) is 0 Å². The molecule has 0 aliphatic rings. The van der Waals surface area contributed by atoms with Crippen molar-refractivity contribution >= 4 is 6.72 Å². The zero-order valence-electron chi connectivity index (χ0n) is 6.29. The first-order chi connectivity index (χ1) is 6.06. The highest BCUT2D eigenvalue weighted by Gasteiger charge is 2.73. The summed E-state index contributed by atoms with van der Waals surface area (Å²) in [5.74, 6) is -11.6. The van der Waals surface area contributed by atoms with Crippen LogP contribution in [0, 0.1) is 0 Å². The molecule has 0 N–H and O–H groups in total. The summed E-state index contributed by atoms with van der Waals surface area (Å²) in [5, 5.41) is 2.04. The largest absolute Gasteiger partial charge is 0.460 e. The van der Waals surface area contributed by atoms with Gasteiger partial charge in [-0.25, -0.2) is 0 Å². The molecular formula is C5H3F7NO. The molecule has 0 aromatic carbocycles. The van der Waals surface area contributed by atoms with E-state index in [9.17, 15) is 30.7 Å². The van der Waals surface area contributed by atoms with E-state index < -0.39 is 24.6 Å². The molecule has 0 atom stereocenters. The minimum atomic E-state index is -6.37. The molecule has 0 heterocycles. The van der Waals surface area contributed by atoms with Crippen LogP contribution in [0.5, 0.6) is 0 Å². The smallest absolute Gasteiger partial charge is 0.389 e. The molecule has 9 heteroatoms. The van der Waals surface area contributed by atoms with Gasteiger partial charge in [-0.3, -0.25) is 0 Å². The zero-order valence-corrected chi connectivity index (χ0v) is 6.29. The van der Waals surface area contributed by atoms with Crippen LogP contribution in [0.2, 0.25) is 0 Å². The summed E-state index contributed by atoms with van der Waals surface area (Å²) < 4.78 is 82.6. The molecule has 0 aliphatic carbocycles. The van der Waals surface area contributed by atoms with Gasteiger partial charge in [0.2, 0.25) is 0 Å². The Bertz CT molecular complexity index is 211. The van der Waals surface area contributed by atoms with Gasteiger partial charge < -0.3 is 4.84 Å². The van der Waals surface area contributed by atoms with E-state index in [1.807, 2.05) is 5.16 Å². The standard InChI is InChI=1S/C5H3F7NO/c1-13-14-2-3(6,7)4(8,9)5(10,11)12/h1H,2H2. The lowest BCUT2D eigenvalue weighted by molar-refractivity contribution is -0.361. The minimum Gasteiger partial charge on any atom is -0.389 e. The molecule has 0 saturated carbocycles. The summed E-state index contributed by atoms with van der Waals surface area (Å²) in [5.41, 5.74) is 0. The Morgan fingerprint density at radius 2 is 1.43 bits per heavy atom. The van der Waals surface area contributed by atoms with Crippen LogP contribution in [0.1, 0.15) is 0 Å². The number of nitrogens with zero attached hydrogens (tertiary/aromatic N) is 1. The number of rotatable bonds is 4. The molecule has 83 valence electrons. The fraction of sp³-hybridized carbons (Fsp3) is 0.800. The summed E-state index contributed by atoms with van der Waals surface area (Å²) in [6, 6.07) is 0. The van der Waals surface area contributed by atoms with Crippen molar-refractivity contribution in [2.24, 2.45) is 5.16 Å². The van der Waals surface area contributed by atoms with Crippen LogP contribution in [0.4, 0.5) is 30.7 Å². The van der Waals surface area contributed by atoms with Gasteiger partial charge in [0.25, 0.3) is 0 Å². The highest BCUT2D eigenvalue weighted by molar-refractivity contribution is 5.21. The Morgan fingerprint density at radius 3 is 1.71 bits per heavy atom. The molecule has 0 aromatic heterocycles. The van der Waals surface area contributed by atoms with Crippen molar-refractivity contribution in [3.8, 4) is 0 Å². The lowest BCUT2D eigenvalue weighted by Crippen LogP contribution is -2.54. The molecule has 0 amide bonds. The Morgan fingerprint density at radius 1 is 1.00 bits per heavy atom. The highest BCUT2D eigenvalue weighted by atomic mass is 19.4. The number of hydrogen-bond donors (Lipinski definition) is 0. The molecule has 0 bridgehead atoms. The van der Waals surface area contributed by atoms with Gasteiger partial charge in [0.1, 0.15) is 0 Å². The second-order valence-corrected chi connectivity index (χ2v) is 2.16. The van der Waals surface area contributed by atoms with Crippen molar-refractivity contribution < 1.29 is 35.6 Å². The monoisotopic (exact) mass is 226 g/mol. The maximum absolute atomic E-state index is 12.2. The Hall–Kier alpha value is -1.02. The Labute approximate surface area is 73.3 Å². The third-order valence-corrected chi connectivity index (χ3v) is 1.14. The average Bonchev–Trinajstić information content (AvgIpc) is 1.98. The second-order valence-electron chi connectivity index (χ2n) is 2.16. The van der Waals surface area contributed by atoms with Crippen molar-refractivity contribution in [2.75, 3.05) is 6.61 Å². The maximum Gasteiger partial charge on any atom is 0.460 e. The van der Waals surface area contributed by atoms with Crippen molar-refractivity contribution in [1.29, 1.82) is 0 Å². The van der Waals surface area contributed by atoms with Crippen molar-refractivity contribution in [3.63, 3.8) is 0 Å². The quantitative estimate of drug-likeness (QED) is 0.409. The fourth-order valence-electron chi connectivity index (χ4n) is 0.416. The summed E-state index contributed by atoms with van der Waals surface area (Å²) in [6.07, 6.45) is -6.37. The van der Waals surface area contributed by atoms with Gasteiger partial charge in [0.15, 0.2) is 6.61 Å². The van der Waals surface area contributed by atoms with Crippen LogP contribution in [-0.2, 0) is 4.84 Å². The zero-order chi connectivity index (χ0) is 11.6. The van der Waals surface area contributed by atoms with Crippen molar-refractivity contribution in [2.45, 2.75) is 18.0 Å². The molecule has 0 spiro atoms. The van der Waals surface area contributed by atoms with E-state index in [4.69, 9.17) is 0 Å². The SMILES string of the molecule is [CH]=NOCC(F)(F)C(F)(F)C(F)(F)F. The van der Waals surface area contributed by atoms with Crippen LogP contribution in [0.25, 0.3) is 0 Å². The highest BCUT2D eigenvalue weighted by Crippen LogP contribution is 2.46. The first-order valence-corrected chi connectivity index (χ1v) is 2.91. The van der Waals surface area contributed by atoms with E-state index in [0.717, 1.165) is 0 Å². The summed E-state index contributed by atoms with van der Waals surface area (Å²) in [4.78, 5) is 3.25. The van der Waals surface area contributed by atoms with Crippen LogP contribution in [0.3, 0.4) is 0 Å². The first kappa shape index (κ1) is 13.0. The van der Waals surface area contributed by atoms with Gasteiger partial charge in [-0.05, 0) is 0 Å². The van der Waals surface area contributed by atoms with E-state index in [-0.39, 0.29) is 0 Å². The number of hydrogen-bond acceptors (Lipinski definition) is 2. The molecule has 0 aromatic rings. The minimum absolute atomic E-state index is 2.04. The third kappa shape index (κ3) is 2.26. The van der Waals surface area contributed by atoms with Gasteiger partial charge >= 0.3 is 18.0 Å². The average molecular weight is 226 g/mol. The van der Waals surface area contributed by atoms with E-state index in [1.165, 1.54) is 0 Å². The molecule has 14 heavy (non-hydrogen) atoms. The summed E-state index contributed by atoms with van der Waals surface area (Å²) >= 11 is 0. The molecule has 0 saturated heterocycles. The van der Waals surface area contributed by atoms with Crippen molar-refractivity contribution in [1.82, 2.24) is 0 Å². The lowest BCUT2D eigenvalue weighted by Gasteiger charge is -2.26. The van der Waals surface area contributed by atoms with Crippen LogP contribution in [0.15, 0.2) is 5.16 Å². The van der Waals surface area contributed by atoms with Gasteiger partial charge in [0.05, 0.1) is 6.72 Å². The van der Waals surface area contributed by atoms with Gasteiger partial charge in [0, 0.05) is 0 Å². The molecular weight excluding hydrogens is 223 g/mol. The van der Waals surface area contributed by atoms with Gasteiger partial charge in [-0.2, -0.15) is 30.7 Å². The fourth-order valence-corrected chi connectivity index (χ4v) is 0.416. The molecule has 0 rings (SSSR count). The predicted molar refractivity (Wildman–Crippen MR) is 30.4 cm³/mol. The van der Waals surface area contributed by atoms with Crippen LogP contribution in [-0.4, -0.2) is 31.3 Å². The van der Waals surface area contributed by atoms with Gasteiger partial charge in [-0.1, -0.05) is 5.16 Å². The summed E-state index contributed by atoms with van der Waals surface area (Å²) in [7, 11) is 0. The number of alkyl halides is 7. The Kier molecular flexibility index (Phi) is 3.35. The molecule has 0 aliphatic heterocycles. The lowest BCUT2D eigenvalue weighted by atomic mass is 10.2. The second kappa shape index (κ2) is 3.62. The number of halogens is 7.